The summed E-state index contributed by atoms with van der Waals surface area (Å²) in [5.41, 5.74) is 10.9. The van der Waals surface area contributed by atoms with Crippen LogP contribution in [-0.4, -0.2) is 30.8 Å². The summed E-state index contributed by atoms with van der Waals surface area (Å²) < 4.78 is 39.4. The second-order valence-corrected chi connectivity index (χ2v) is 8.97. The van der Waals surface area contributed by atoms with Crippen LogP contribution in [0.15, 0.2) is 53.2 Å². The van der Waals surface area contributed by atoms with Crippen molar-refractivity contribution in [3.8, 4) is 0 Å². The molecule has 0 amide bonds. The second-order valence-electron chi connectivity index (χ2n) is 6.95. The summed E-state index contributed by atoms with van der Waals surface area (Å²) in [6.07, 6.45) is 3.14. The highest BCUT2D eigenvalue weighted by Gasteiger charge is 2.17. The highest BCUT2D eigenvalue weighted by Crippen LogP contribution is 2.28. The lowest BCUT2D eigenvalue weighted by Crippen LogP contribution is -2.04. The Morgan fingerprint density at radius 1 is 1.13 bits per heavy atom. The van der Waals surface area contributed by atoms with Crippen molar-refractivity contribution in [1.82, 2.24) is 9.55 Å². The van der Waals surface area contributed by atoms with Gasteiger partial charge in [-0.15, -0.1) is 24.8 Å². The molecule has 164 valence electrons. The molecule has 2 aromatic heterocycles. The third-order valence-corrected chi connectivity index (χ3v) is 5.94. The Kier molecular flexibility index (Phi) is 9.05. The predicted octanol–water partition coefficient (Wildman–Crippen LogP) is 4.30. The lowest BCUT2D eigenvalue weighted by Gasteiger charge is -2.08. The van der Waals surface area contributed by atoms with E-state index in [9.17, 15) is 12.8 Å². The van der Waals surface area contributed by atoms with E-state index in [2.05, 4.69) is 4.98 Å². The number of hydrogen-bond donors (Lipinski definition) is 1. The van der Waals surface area contributed by atoms with E-state index in [1.54, 1.807) is 12.1 Å². The van der Waals surface area contributed by atoms with Crippen LogP contribution in [0.25, 0.3) is 11.0 Å². The maximum absolute atomic E-state index is 14.2. The molecule has 0 saturated carbocycles. The van der Waals surface area contributed by atoms with Crippen LogP contribution in [-0.2, 0) is 22.8 Å². The monoisotopic (exact) mass is 473 g/mol. The number of fused-ring (bicyclic) bond motifs is 1. The van der Waals surface area contributed by atoms with E-state index in [1.807, 2.05) is 42.7 Å². The maximum atomic E-state index is 14.2. The minimum Gasteiger partial charge on any atom is -0.336 e. The molecule has 0 radical (unpaired) electrons. The van der Waals surface area contributed by atoms with Gasteiger partial charge in [0.05, 0.1) is 22.5 Å². The molecule has 0 aliphatic heterocycles. The van der Waals surface area contributed by atoms with Crippen molar-refractivity contribution in [3.63, 3.8) is 0 Å². The highest BCUT2D eigenvalue weighted by molar-refractivity contribution is 7.90. The van der Waals surface area contributed by atoms with Gasteiger partial charge in [-0.2, -0.15) is 0 Å². The van der Waals surface area contributed by atoms with Crippen molar-refractivity contribution in [2.24, 2.45) is 5.73 Å². The molecule has 0 fully saturated rings. The van der Waals surface area contributed by atoms with Crippen LogP contribution in [0.1, 0.15) is 22.5 Å². The van der Waals surface area contributed by atoms with Gasteiger partial charge in [-0.25, -0.2) is 12.8 Å². The number of hydrogen-bond acceptors (Lipinski definition) is 4. The summed E-state index contributed by atoms with van der Waals surface area (Å²) in [4.78, 5) is 4.97. The zero-order valence-corrected chi connectivity index (χ0v) is 19.5. The van der Waals surface area contributed by atoms with Crippen LogP contribution < -0.4 is 5.73 Å². The van der Waals surface area contributed by atoms with Gasteiger partial charge in [0.25, 0.3) is 0 Å². The number of nitrogens with zero attached hydrogens (tertiary/aromatic N) is 2. The fourth-order valence-electron chi connectivity index (χ4n) is 3.32. The fraction of sp³-hybridized carbons (Fsp3) is 0.286. The number of aromatic nitrogens is 2. The molecule has 0 spiro atoms. The third kappa shape index (κ3) is 5.60. The molecule has 0 atom stereocenters. The molecule has 3 aromatic rings. The van der Waals surface area contributed by atoms with Crippen LogP contribution in [0, 0.1) is 13.8 Å². The summed E-state index contributed by atoms with van der Waals surface area (Å²) in [7, 11) is -3.23. The predicted molar refractivity (Wildman–Crippen MR) is 124 cm³/mol. The van der Waals surface area contributed by atoms with Gasteiger partial charge >= 0.3 is 0 Å². The number of sulfone groups is 1. The first-order chi connectivity index (χ1) is 13.2. The van der Waals surface area contributed by atoms with Crippen molar-refractivity contribution in [3.05, 3.63) is 70.8 Å². The van der Waals surface area contributed by atoms with Gasteiger partial charge in [-0.1, -0.05) is 12.1 Å². The quantitative estimate of drug-likeness (QED) is 0.578. The highest BCUT2D eigenvalue weighted by atomic mass is 35.5. The molecule has 30 heavy (non-hydrogen) atoms. The van der Waals surface area contributed by atoms with Crippen LogP contribution >= 0.6 is 24.8 Å². The number of rotatable bonds is 6. The Bertz CT molecular complexity index is 1160. The van der Waals surface area contributed by atoms with Gasteiger partial charge in [0, 0.05) is 36.2 Å². The topological polar surface area (TPSA) is 78.0 Å². The number of halogens is 3. The van der Waals surface area contributed by atoms with Crippen molar-refractivity contribution >= 4 is 45.7 Å². The van der Waals surface area contributed by atoms with Gasteiger partial charge in [-0.05, 0) is 49.8 Å². The molecular formula is C21H26Cl2FN3O2S. The summed E-state index contributed by atoms with van der Waals surface area (Å²) in [6.45, 7) is 4.14. The van der Waals surface area contributed by atoms with Gasteiger partial charge in [-0.3, -0.25) is 4.98 Å². The fourth-order valence-corrected chi connectivity index (χ4v) is 3.95. The van der Waals surface area contributed by atoms with Crippen molar-refractivity contribution in [2.75, 3.05) is 12.8 Å². The summed E-state index contributed by atoms with van der Waals surface area (Å²) in [5.74, 6) is -0.285. The largest absolute Gasteiger partial charge is 0.336 e. The molecule has 5 nitrogen and oxygen atoms in total. The first-order valence-electron chi connectivity index (χ1n) is 8.99. The Morgan fingerprint density at radius 2 is 1.77 bits per heavy atom. The molecule has 0 saturated heterocycles. The lowest BCUT2D eigenvalue weighted by atomic mass is 10.0. The standard InChI is InChI=1S/C21H24FN3O2S.2ClH/c1-14-4-9-20-21(24-14)19(15(2)25(20)13-17(22)10-11-23)12-16-5-7-18(8-6-16)28(3,26)27;;/h4-10H,11-13,23H2,1-3H3;2*1H/b17-10-;;. The van der Waals surface area contributed by atoms with Crippen molar-refractivity contribution in [1.29, 1.82) is 0 Å². The SMILES string of the molecule is Cc1ccc2c(n1)c(Cc1ccc(S(C)(=O)=O)cc1)c(C)n2C/C(F)=C/CN.Cl.Cl. The molecule has 1 aromatic carbocycles. The number of aryl methyl sites for hydroxylation is 1. The number of benzene rings is 1. The van der Waals surface area contributed by atoms with E-state index in [0.717, 1.165) is 33.5 Å². The average molecular weight is 474 g/mol. The van der Waals surface area contributed by atoms with E-state index in [0.29, 0.717) is 11.3 Å². The van der Waals surface area contributed by atoms with Crippen LogP contribution in [0.2, 0.25) is 0 Å². The minimum absolute atomic E-state index is 0. The molecule has 9 heteroatoms. The Balaban J connectivity index is 0.00000225. The average Bonchev–Trinajstić information content (AvgIpc) is 2.87. The normalized spacial score (nSPS) is 11.8. The number of pyridine rings is 1. The van der Waals surface area contributed by atoms with Crippen molar-refractivity contribution < 1.29 is 12.8 Å². The molecule has 2 heterocycles. The molecule has 2 N–H and O–H groups in total. The van der Waals surface area contributed by atoms with E-state index in [-0.39, 0.29) is 43.7 Å². The van der Waals surface area contributed by atoms with Gasteiger partial charge in [0.15, 0.2) is 9.84 Å². The van der Waals surface area contributed by atoms with E-state index >= 15 is 0 Å². The molecule has 0 bridgehead atoms. The van der Waals surface area contributed by atoms with E-state index in [1.165, 1.54) is 12.3 Å². The smallest absolute Gasteiger partial charge is 0.175 e. The maximum Gasteiger partial charge on any atom is 0.175 e. The van der Waals surface area contributed by atoms with Crippen LogP contribution in [0.3, 0.4) is 0 Å². The number of nitrogens with two attached hydrogens (primary N) is 1. The second kappa shape index (κ2) is 10.4. The van der Waals surface area contributed by atoms with E-state index < -0.39 is 9.84 Å². The summed E-state index contributed by atoms with van der Waals surface area (Å²) >= 11 is 0. The van der Waals surface area contributed by atoms with Crippen molar-refractivity contribution in [2.45, 2.75) is 31.7 Å². The Labute approximate surface area is 188 Å². The summed E-state index contributed by atoms with van der Waals surface area (Å²) in [6, 6.07) is 10.7. The molecule has 0 aliphatic rings. The number of allylic oxidation sites excluding steroid dienone is 1. The third-order valence-electron chi connectivity index (χ3n) is 4.81. The van der Waals surface area contributed by atoms with E-state index in [4.69, 9.17) is 5.73 Å². The Hall–Kier alpha value is -1.93. The molecule has 0 aliphatic carbocycles. The van der Waals surface area contributed by atoms with Gasteiger partial charge in [0.2, 0.25) is 0 Å². The van der Waals surface area contributed by atoms with Gasteiger partial charge in [0.1, 0.15) is 5.83 Å². The molecule has 3 rings (SSSR count). The molecular weight excluding hydrogens is 448 g/mol. The first-order valence-corrected chi connectivity index (χ1v) is 10.9. The zero-order chi connectivity index (χ0) is 20.5. The first kappa shape index (κ1) is 26.1. The van der Waals surface area contributed by atoms with Crippen LogP contribution in [0.5, 0.6) is 0 Å². The zero-order valence-electron chi connectivity index (χ0n) is 17.1. The molecule has 0 unspecified atom stereocenters. The lowest BCUT2D eigenvalue weighted by molar-refractivity contribution is 0.554. The van der Waals surface area contributed by atoms with Gasteiger partial charge < -0.3 is 10.3 Å². The van der Waals surface area contributed by atoms with Crippen LogP contribution in [0.4, 0.5) is 4.39 Å². The summed E-state index contributed by atoms with van der Waals surface area (Å²) in [5, 5.41) is 0. The Morgan fingerprint density at radius 3 is 2.33 bits per heavy atom. The minimum atomic E-state index is -3.23.